The first-order chi connectivity index (χ1) is 8.68. The Bertz CT molecular complexity index is 570. The van der Waals surface area contributed by atoms with Crippen LogP contribution in [0.5, 0.6) is 0 Å². The summed E-state index contributed by atoms with van der Waals surface area (Å²) < 4.78 is 2.25. The number of fused-ring (bicyclic) bond motifs is 1. The molecular formula is C15H21N3. The molecule has 0 saturated heterocycles. The summed E-state index contributed by atoms with van der Waals surface area (Å²) in [4.78, 5) is 4.83. The molecule has 2 unspecified atom stereocenters. The van der Waals surface area contributed by atoms with Crippen molar-refractivity contribution in [2.24, 2.45) is 12.8 Å². The van der Waals surface area contributed by atoms with Crippen LogP contribution in [0.2, 0.25) is 0 Å². The van der Waals surface area contributed by atoms with Crippen LogP contribution in [0.1, 0.15) is 43.0 Å². The Kier molecular flexibility index (Phi) is 2.86. The highest BCUT2D eigenvalue weighted by molar-refractivity contribution is 5.79. The van der Waals surface area contributed by atoms with Crippen LogP contribution in [0.4, 0.5) is 0 Å². The molecule has 3 rings (SSSR count). The molecule has 0 bridgehead atoms. The first kappa shape index (κ1) is 11.7. The Morgan fingerprint density at radius 1 is 1.28 bits per heavy atom. The first-order valence-electron chi connectivity index (χ1n) is 6.86. The van der Waals surface area contributed by atoms with Crippen LogP contribution < -0.4 is 5.73 Å². The fourth-order valence-corrected chi connectivity index (χ4v) is 3.29. The summed E-state index contributed by atoms with van der Waals surface area (Å²) in [7, 11) is 2.12. The van der Waals surface area contributed by atoms with Gasteiger partial charge in [0, 0.05) is 19.0 Å². The Hall–Kier alpha value is -1.35. The number of hydrogen-bond acceptors (Lipinski definition) is 2. The van der Waals surface area contributed by atoms with Crippen LogP contribution in [-0.2, 0) is 7.05 Å². The Labute approximate surface area is 108 Å². The molecule has 1 aromatic carbocycles. The van der Waals surface area contributed by atoms with Gasteiger partial charge in [-0.15, -0.1) is 0 Å². The Morgan fingerprint density at radius 2 is 2.06 bits per heavy atom. The number of para-hydroxylation sites is 1. The van der Waals surface area contributed by atoms with Gasteiger partial charge < -0.3 is 10.3 Å². The van der Waals surface area contributed by atoms with Crippen molar-refractivity contribution in [2.45, 2.75) is 44.6 Å². The second kappa shape index (κ2) is 4.39. The minimum Gasteiger partial charge on any atom is -0.331 e. The maximum absolute atomic E-state index is 6.29. The van der Waals surface area contributed by atoms with E-state index >= 15 is 0 Å². The highest BCUT2D eigenvalue weighted by Gasteiger charge is 2.27. The fourth-order valence-electron chi connectivity index (χ4n) is 3.29. The molecule has 3 heteroatoms. The van der Waals surface area contributed by atoms with Gasteiger partial charge in [0.05, 0.1) is 11.0 Å². The molecule has 96 valence electrons. The molecule has 18 heavy (non-hydrogen) atoms. The van der Waals surface area contributed by atoms with Gasteiger partial charge in [0.2, 0.25) is 0 Å². The van der Waals surface area contributed by atoms with Gasteiger partial charge >= 0.3 is 0 Å². The smallest absolute Gasteiger partial charge is 0.114 e. The number of aryl methyl sites for hydroxylation is 2. The van der Waals surface area contributed by atoms with E-state index in [2.05, 4.69) is 36.7 Å². The van der Waals surface area contributed by atoms with Gasteiger partial charge in [-0.2, -0.15) is 0 Å². The topological polar surface area (TPSA) is 43.8 Å². The standard InChI is InChI=1S/C15H21N3/c1-10-6-5-9-13-14(10)18(2)15(17-13)11-7-3-4-8-12(11)16/h5-6,9,11-12H,3-4,7-8,16H2,1-2H3. The van der Waals surface area contributed by atoms with Crippen LogP contribution in [-0.4, -0.2) is 15.6 Å². The van der Waals surface area contributed by atoms with Crippen LogP contribution in [0.25, 0.3) is 11.0 Å². The summed E-state index contributed by atoms with van der Waals surface area (Å²) in [5.74, 6) is 1.60. The quantitative estimate of drug-likeness (QED) is 0.837. The number of hydrogen-bond donors (Lipinski definition) is 1. The van der Waals surface area contributed by atoms with Gasteiger partial charge in [0.15, 0.2) is 0 Å². The van der Waals surface area contributed by atoms with Crippen molar-refractivity contribution in [2.75, 3.05) is 0 Å². The number of benzene rings is 1. The first-order valence-corrected chi connectivity index (χ1v) is 6.86. The van der Waals surface area contributed by atoms with Gasteiger partial charge in [-0.05, 0) is 31.4 Å². The minimum absolute atomic E-state index is 0.273. The van der Waals surface area contributed by atoms with Crippen LogP contribution in [0.15, 0.2) is 18.2 Å². The maximum Gasteiger partial charge on any atom is 0.114 e. The normalized spacial score (nSPS) is 24.6. The molecule has 1 aliphatic rings. The van der Waals surface area contributed by atoms with Crippen molar-refractivity contribution in [1.82, 2.24) is 9.55 Å². The summed E-state index contributed by atoms with van der Waals surface area (Å²) in [5, 5.41) is 0. The van der Waals surface area contributed by atoms with Crippen LogP contribution >= 0.6 is 0 Å². The van der Waals surface area contributed by atoms with Crippen molar-refractivity contribution >= 4 is 11.0 Å². The molecule has 0 aliphatic heterocycles. The van der Waals surface area contributed by atoms with Gasteiger partial charge in [-0.3, -0.25) is 0 Å². The van der Waals surface area contributed by atoms with E-state index in [0.717, 1.165) is 11.9 Å². The SMILES string of the molecule is Cc1cccc2nc(C3CCCCC3N)n(C)c12. The summed E-state index contributed by atoms with van der Waals surface area (Å²) in [5.41, 5.74) is 9.93. The average Bonchev–Trinajstić information content (AvgIpc) is 2.69. The zero-order chi connectivity index (χ0) is 12.7. The van der Waals surface area contributed by atoms with Gasteiger partial charge in [-0.25, -0.2) is 4.98 Å². The van der Waals surface area contributed by atoms with Gasteiger partial charge in [0.25, 0.3) is 0 Å². The van der Waals surface area contributed by atoms with Crippen LogP contribution in [0.3, 0.4) is 0 Å². The number of imidazole rings is 1. The highest BCUT2D eigenvalue weighted by Crippen LogP contribution is 2.33. The lowest BCUT2D eigenvalue weighted by Crippen LogP contribution is -2.32. The molecule has 2 aromatic rings. The number of aromatic nitrogens is 2. The van der Waals surface area contributed by atoms with E-state index in [9.17, 15) is 0 Å². The average molecular weight is 243 g/mol. The molecule has 3 nitrogen and oxygen atoms in total. The summed E-state index contributed by atoms with van der Waals surface area (Å²) >= 11 is 0. The fraction of sp³-hybridized carbons (Fsp3) is 0.533. The van der Waals surface area contributed by atoms with E-state index in [1.165, 1.54) is 36.2 Å². The molecule has 0 amide bonds. The van der Waals surface area contributed by atoms with E-state index in [4.69, 9.17) is 10.7 Å². The van der Waals surface area contributed by atoms with Crippen molar-refractivity contribution in [3.63, 3.8) is 0 Å². The van der Waals surface area contributed by atoms with E-state index in [0.29, 0.717) is 5.92 Å². The van der Waals surface area contributed by atoms with Crippen molar-refractivity contribution in [3.8, 4) is 0 Å². The predicted molar refractivity (Wildman–Crippen MR) is 74.6 cm³/mol. The molecule has 1 aromatic heterocycles. The molecule has 1 heterocycles. The third kappa shape index (κ3) is 1.74. The summed E-state index contributed by atoms with van der Waals surface area (Å²) in [6.45, 7) is 2.15. The zero-order valence-electron chi connectivity index (χ0n) is 11.2. The largest absolute Gasteiger partial charge is 0.331 e. The summed E-state index contributed by atoms with van der Waals surface area (Å²) in [6, 6.07) is 6.60. The lowest BCUT2D eigenvalue weighted by Gasteiger charge is -2.28. The second-order valence-corrected chi connectivity index (χ2v) is 5.53. The second-order valence-electron chi connectivity index (χ2n) is 5.53. The van der Waals surface area contributed by atoms with Gasteiger partial charge in [-0.1, -0.05) is 25.0 Å². The van der Waals surface area contributed by atoms with E-state index in [1.54, 1.807) is 0 Å². The molecular weight excluding hydrogens is 222 g/mol. The predicted octanol–water partition coefficient (Wildman–Crippen LogP) is 2.87. The zero-order valence-corrected chi connectivity index (χ0v) is 11.2. The molecule has 1 saturated carbocycles. The third-order valence-corrected chi connectivity index (χ3v) is 4.28. The van der Waals surface area contributed by atoms with Crippen molar-refractivity contribution in [1.29, 1.82) is 0 Å². The highest BCUT2D eigenvalue weighted by atomic mass is 15.1. The minimum atomic E-state index is 0.273. The Morgan fingerprint density at radius 3 is 2.78 bits per heavy atom. The lowest BCUT2D eigenvalue weighted by atomic mass is 9.84. The molecule has 2 N–H and O–H groups in total. The van der Waals surface area contributed by atoms with Crippen molar-refractivity contribution < 1.29 is 0 Å². The summed E-state index contributed by atoms with van der Waals surface area (Å²) in [6.07, 6.45) is 4.85. The van der Waals surface area contributed by atoms with Crippen molar-refractivity contribution in [3.05, 3.63) is 29.6 Å². The molecule has 1 fully saturated rings. The molecule has 0 spiro atoms. The van der Waals surface area contributed by atoms with E-state index in [1.807, 2.05) is 0 Å². The molecule has 0 radical (unpaired) electrons. The van der Waals surface area contributed by atoms with E-state index < -0.39 is 0 Å². The molecule has 1 aliphatic carbocycles. The number of nitrogens with zero attached hydrogens (tertiary/aromatic N) is 2. The molecule has 2 atom stereocenters. The third-order valence-electron chi connectivity index (χ3n) is 4.28. The lowest BCUT2D eigenvalue weighted by molar-refractivity contribution is 0.368. The van der Waals surface area contributed by atoms with Gasteiger partial charge in [0.1, 0.15) is 5.82 Å². The number of rotatable bonds is 1. The van der Waals surface area contributed by atoms with E-state index in [-0.39, 0.29) is 6.04 Å². The number of nitrogens with two attached hydrogens (primary N) is 1. The monoisotopic (exact) mass is 243 g/mol. The van der Waals surface area contributed by atoms with Crippen LogP contribution in [0, 0.1) is 6.92 Å². The maximum atomic E-state index is 6.29. The Balaban J connectivity index is 2.12.